The molecule has 1 unspecified atom stereocenters. The van der Waals surface area contributed by atoms with Crippen LogP contribution in [0.4, 0.5) is 48.3 Å². The molecule has 1 fully saturated rings. The molecule has 1 saturated heterocycles. The Morgan fingerprint density at radius 1 is 0.909 bits per heavy atom. The van der Waals surface area contributed by atoms with Gasteiger partial charge in [0.25, 0.3) is 6.43 Å². The summed E-state index contributed by atoms with van der Waals surface area (Å²) < 4.78 is 143. The molecular formula is C8H5F11N2O. The zero-order valence-corrected chi connectivity index (χ0v) is 10.1. The Labute approximate surface area is 114 Å². The molecule has 0 bridgehead atoms. The normalized spacial score (nSPS) is 28.3. The van der Waals surface area contributed by atoms with E-state index in [-0.39, 0.29) is 7.05 Å². The predicted molar refractivity (Wildman–Crippen MR) is 47.2 cm³/mol. The number of amidine groups is 1. The summed E-state index contributed by atoms with van der Waals surface area (Å²) in [6.45, 7) is 0. The number of ether oxygens (including phenoxy) is 1. The maximum Gasteiger partial charge on any atom is 0.442 e. The Morgan fingerprint density at radius 2 is 1.32 bits per heavy atom. The maximum absolute atomic E-state index is 12.8. The number of aliphatic imine (C=N–C) groups is 1. The zero-order valence-electron chi connectivity index (χ0n) is 10.1. The number of nitrogens with zero attached hydrogens (tertiary/aromatic N) is 1. The molecule has 1 atom stereocenters. The number of halogens is 11. The van der Waals surface area contributed by atoms with Gasteiger partial charge in [-0.3, -0.25) is 4.99 Å². The summed E-state index contributed by atoms with van der Waals surface area (Å²) in [7, 11) is 0.260. The largest absolute Gasteiger partial charge is 0.442 e. The average molecular weight is 354 g/mol. The molecule has 3 nitrogen and oxygen atoms in total. The molecule has 130 valence electrons. The highest BCUT2D eigenvalue weighted by Crippen LogP contribution is 2.55. The summed E-state index contributed by atoms with van der Waals surface area (Å²) in [6.07, 6.45) is -24.2. The summed E-state index contributed by atoms with van der Waals surface area (Å²) in [5, 5.41) is 0.410. The van der Waals surface area contributed by atoms with Crippen LogP contribution in [0.25, 0.3) is 0 Å². The molecule has 0 amide bonds. The number of rotatable bonds is 1. The second kappa shape index (κ2) is 4.83. The van der Waals surface area contributed by atoms with E-state index in [0.717, 1.165) is 0 Å². The van der Waals surface area contributed by atoms with Gasteiger partial charge in [-0.1, -0.05) is 0 Å². The molecular weight excluding hydrogens is 349 g/mol. The first-order valence-corrected chi connectivity index (χ1v) is 5.01. The molecule has 1 heterocycles. The second-order valence-electron chi connectivity index (χ2n) is 4.01. The zero-order chi connectivity index (χ0) is 17.8. The molecule has 22 heavy (non-hydrogen) atoms. The fourth-order valence-electron chi connectivity index (χ4n) is 1.69. The van der Waals surface area contributed by atoms with Gasteiger partial charge in [0, 0.05) is 7.05 Å². The quantitative estimate of drug-likeness (QED) is 0.735. The molecule has 0 aromatic heterocycles. The molecule has 0 spiro atoms. The van der Waals surface area contributed by atoms with Gasteiger partial charge in [-0.15, -0.1) is 0 Å². The van der Waals surface area contributed by atoms with Crippen molar-refractivity contribution in [3.05, 3.63) is 0 Å². The maximum atomic E-state index is 12.8. The Bertz CT molecular complexity index is 448. The summed E-state index contributed by atoms with van der Waals surface area (Å²) in [5.74, 6) is -2.47. The minimum atomic E-state index is -6.53. The van der Waals surface area contributed by atoms with E-state index in [1.54, 1.807) is 0 Å². The van der Waals surface area contributed by atoms with Crippen LogP contribution >= 0.6 is 0 Å². The van der Waals surface area contributed by atoms with Crippen LogP contribution in [0.1, 0.15) is 0 Å². The molecule has 1 aliphatic heterocycles. The van der Waals surface area contributed by atoms with E-state index in [4.69, 9.17) is 0 Å². The first kappa shape index (κ1) is 18.7. The van der Waals surface area contributed by atoms with Gasteiger partial charge in [0.1, 0.15) is 0 Å². The van der Waals surface area contributed by atoms with Gasteiger partial charge in [-0.05, 0) is 0 Å². The van der Waals surface area contributed by atoms with Crippen molar-refractivity contribution >= 4 is 5.84 Å². The Hall–Kier alpha value is -1.34. The fraction of sp³-hybridized carbons (Fsp3) is 0.875. The SMILES string of the molecule is CN=C1NC(C(F)F)(C(F)(F)F)OC1(C(F)(F)F)C(F)(F)F. The molecule has 14 heteroatoms. The number of alkyl halides is 11. The molecule has 0 aromatic rings. The summed E-state index contributed by atoms with van der Waals surface area (Å²) >= 11 is 0. The Balaban J connectivity index is 3.70. The van der Waals surface area contributed by atoms with Crippen molar-refractivity contribution in [3.8, 4) is 0 Å². The Morgan fingerprint density at radius 3 is 1.50 bits per heavy atom. The van der Waals surface area contributed by atoms with Gasteiger partial charge < -0.3 is 10.1 Å². The highest BCUT2D eigenvalue weighted by molar-refractivity contribution is 5.95. The molecule has 1 N–H and O–H groups in total. The Kier molecular flexibility index (Phi) is 4.10. The van der Waals surface area contributed by atoms with Crippen molar-refractivity contribution in [2.45, 2.75) is 36.3 Å². The molecule has 0 aliphatic carbocycles. The van der Waals surface area contributed by atoms with Gasteiger partial charge in [-0.2, -0.15) is 39.5 Å². The van der Waals surface area contributed by atoms with Gasteiger partial charge >= 0.3 is 29.9 Å². The van der Waals surface area contributed by atoms with E-state index in [9.17, 15) is 48.3 Å². The van der Waals surface area contributed by atoms with E-state index in [0.29, 0.717) is 5.32 Å². The third kappa shape index (κ3) is 2.27. The third-order valence-corrected chi connectivity index (χ3v) is 2.70. The van der Waals surface area contributed by atoms with Crippen LogP contribution in [0.2, 0.25) is 0 Å². The summed E-state index contributed by atoms with van der Waals surface area (Å²) in [4.78, 5) is 2.37. The number of nitrogens with one attached hydrogen (secondary N) is 1. The lowest BCUT2D eigenvalue weighted by Crippen LogP contribution is -2.63. The molecule has 0 saturated carbocycles. The number of hydrogen-bond acceptors (Lipinski definition) is 2. The standard InChI is InChI=1S/C8H5F11N2O/c1-20-3-4(6(11,12)13,7(14,15)16)22-5(21-3,2(9)10)8(17,18)19/h2H,1H3,(H,20,21). The highest BCUT2D eigenvalue weighted by atomic mass is 19.4. The van der Waals surface area contributed by atoms with E-state index < -0.39 is 42.1 Å². The van der Waals surface area contributed by atoms with Crippen LogP contribution in [-0.2, 0) is 4.74 Å². The van der Waals surface area contributed by atoms with Crippen molar-refractivity contribution in [2.24, 2.45) is 4.99 Å². The lowest BCUT2D eigenvalue weighted by Gasteiger charge is -2.35. The van der Waals surface area contributed by atoms with Gasteiger partial charge in [0.05, 0.1) is 0 Å². The average Bonchev–Trinajstić information content (AvgIpc) is 2.64. The van der Waals surface area contributed by atoms with Crippen LogP contribution in [0.5, 0.6) is 0 Å². The van der Waals surface area contributed by atoms with Gasteiger partial charge in [-0.25, -0.2) is 8.78 Å². The predicted octanol–water partition coefficient (Wildman–Crippen LogP) is 3.02. The van der Waals surface area contributed by atoms with Crippen molar-refractivity contribution in [1.82, 2.24) is 5.32 Å². The molecule has 1 rings (SSSR count). The molecule has 1 aliphatic rings. The van der Waals surface area contributed by atoms with Crippen molar-refractivity contribution in [2.75, 3.05) is 7.05 Å². The van der Waals surface area contributed by atoms with Crippen LogP contribution in [0.3, 0.4) is 0 Å². The van der Waals surface area contributed by atoms with Crippen molar-refractivity contribution in [3.63, 3.8) is 0 Å². The molecule has 0 radical (unpaired) electrons. The van der Waals surface area contributed by atoms with Crippen LogP contribution < -0.4 is 5.32 Å². The smallest absolute Gasteiger partial charge is 0.331 e. The fourth-order valence-corrected chi connectivity index (χ4v) is 1.69. The first-order valence-electron chi connectivity index (χ1n) is 5.01. The van der Waals surface area contributed by atoms with Gasteiger partial charge in [0.15, 0.2) is 5.84 Å². The summed E-state index contributed by atoms with van der Waals surface area (Å²) in [5.41, 5.74) is -10.9. The lowest BCUT2D eigenvalue weighted by atomic mass is 10.0. The molecule has 0 aromatic carbocycles. The monoisotopic (exact) mass is 354 g/mol. The summed E-state index contributed by atoms with van der Waals surface area (Å²) in [6, 6.07) is 0. The third-order valence-electron chi connectivity index (χ3n) is 2.70. The highest BCUT2D eigenvalue weighted by Gasteiger charge is 2.86. The van der Waals surface area contributed by atoms with Crippen LogP contribution in [0, 0.1) is 0 Å². The lowest BCUT2D eigenvalue weighted by molar-refractivity contribution is -0.406. The topological polar surface area (TPSA) is 33.6 Å². The number of hydrogen-bond donors (Lipinski definition) is 1. The minimum Gasteiger partial charge on any atom is -0.331 e. The van der Waals surface area contributed by atoms with Crippen LogP contribution in [-0.4, -0.2) is 49.2 Å². The van der Waals surface area contributed by atoms with Crippen LogP contribution in [0.15, 0.2) is 4.99 Å². The van der Waals surface area contributed by atoms with Crippen molar-refractivity contribution in [1.29, 1.82) is 0 Å². The minimum absolute atomic E-state index is 0.260. The van der Waals surface area contributed by atoms with E-state index >= 15 is 0 Å². The van der Waals surface area contributed by atoms with E-state index in [1.807, 2.05) is 0 Å². The van der Waals surface area contributed by atoms with Crippen molar-refractivity contribution < 1.29 is 53.0 Å². The first-order chi connectivity index (χ1) is 9.57. The van der Waals surface area contributed by atoms with Gasteiger partial charge in [0.2, 0.25) is 0 Å². The second-order valence-corrected chi connectivity index (χ2v) is 4.01. The van der Waals surface area contributed by atoms with E-state index in [2.05, 4.69) is 9.73 Å². The van der Waals surface area contributed by atoms with E-state index in [1.165, 1.54) is 0 Å².